The fourth-order valence-corrected chi connectivity index (χ4v) is 5.62. The van der Waals surface area contributed by atoms with Gasteiger partial charge in [0.05, 0.1) is 12.2 Å². The Balaban J connectivity index is 1.38. The van der Waals surface area contributed by atoms with Crippen LogP contribution < -0.4 is 0 Å². The molecule has 3 fully saturated rings. The van der Waals surface area contributed by atoms with Crippen molar-refractivity contribution in [2.24, 2.45) is 5.92 Å². The van der Waals surface area contributed by atoms with Crippen molar-refractivity contribution in [1.29, 1.82) is 0 Å². The zero-order valence-corrected chi connectivity index (χ0v) is 12.6. The van der Waals surface area contributed by atoms with Gasteiger partial charge in [-0.3, -0.25) is 0 Å². The molecule has 18 heavy (non-hydrogen) atoms. The van der Waals surface area contributed by atoms with Gasteiger partial charge in [0.15, 0.2) is 0 Å². The molecule has 3 aliphatic rings. The van der Waals surface area contributed by atoms with Crippen LogP contribution >= 0.6 is 11.8 Å². The molecule has 0 radical (unpaired) electrons. The summed E-state index contributed by atoms with van der Waals surface area (Å²) in [5, 5.41) is 1.79. The first-order chi connectivity index (χ1) is 8.79. The van der Waals surface area contributed by atoms with Crippen molar-refractivity contribution >= 4 is 11.8 Å². The highest BCUT2D eigenvalue weighted by atomic mass is 32.2. The third kappa shape index (κ3) is 3.45. The highest BCUT2D eigenvalue weighted by Gasteiger charge is 2.32. The first kappa shape index (κ1) is 13.3. The van der Waals surface area contributed by atoms with E-state index < -0.39 is 0 Å². The number of ether oxygens (including phenoxy) is 1. The van der Waals surface area contributed by atoms with Gasteiger partial charge >= 0.3 is 0 Å². The molecule has 0 bridgehead atoms. The second-order valence-electron chi connectivity index (χ2n) is 6.73. The number of hydrogen-bond acceptors (Lipinski definition) is 2. The summed E-state index contributed by atoms with van der Waals surface area (Å²) in [6, 6.07) is 0. The van der Waals surface area contributed by atoms with Crippen LogP contribution in [0.4, 0.5) is 0 Å². The Morgan fingerprint density at radius 3 is 2.28 bits per heavy atom. The number of rotatable bonds is 4. The summed E-state index contributed by atoms with van der Waals surface area (Å²) >= 11 is 2.21. The Hall–Kier alpha value is 0.310. The molecular formula is C16H28OS. The van der Waals surface area contributed by atoms with Crippen molar-refractivity contribution in [3.63, 3.8) is 0 Å². The molecule has 3 rings (SSSR count). The molecule has 4 atom stereocenters. The van der Waals surface area contributed by atoms with Gasteiger partial charge in [-0.2, -0.15) is 11.8 Å². The standard InChI is InChI=1S/C16H28OS/c1-12-6-9-16(18-12)11-15-8-7-14(17-15)10-13-4-2-3-5-13/h12-16H,2-11H2,1H3. The Kier molecular flexibility index (Phi) is 4.56. The highest BCUT2D eigenvalue weighted by Crippen LogP contribution is 2.39. The molecule has 1 aliphatic carbocycles. The summed E-state index contributed by atoms with van der Waals surface area (Å²) in [7, 11) is 0. The fourth-order valence-electron chi connectivity index (χ4n) is 4.10. The van der Waals surface area contributed by atoms with Crippen LogP contribution in [-0.4, -0.2) is 22.7 Å². The van der Waals surface area contributed by atoms with E-state index in [4.69, 9.17) is 4.74 Å². The average Bonchev–Trinajstić information content (AvgIpc) is 3.04. The predicted molar refractivity (Wildman–Crippen MR) is 79.2 cm³/mol. The Labute approximate surface area is 116 Å². The van der Waals surface area contributed by atoms with Crippen LogP contribution in [0.5, 0.6) is 0 Å². The summed E-state index contributed by atoms with van der Waals surface area (Å²) < 4.78 is 6.31. The third-order valence-corrected chi connectivity index (χ3v) is 6.63. The smallest absolute Gasteiger partial charge is 0.0590 e. The van der Waals surface area contributed by atoms with Crippen molar-refractivity contribution in [3.8, 4) is 0 Å². The summed E-state index contributed by atoms with van der Waals surface area (Å²) in [6.45, 7) is 2.38. The van der Waals surface area contributed by atoms with Gasteiger partial charge in [0.25, 0.3) is 0 Å². The van der Waals surface area contributed by atoms with Gasteiger partial charge in [-0.15, -0.1) is 0 Å². The first-order valence-electron chi connectivity index (χ1n) is 8.10. The van der Waals surface area contributed by atoms with Crippen LogP contribution in [0.1, 0.15) is 71.1 Å². The van der Waals surface area contributed by atoms with Crippen molar-refractivity contribution in [3.05, 3.63) is 0 Å². The minimum Gasteiger partial charge on any atom is -0.375 e. The Morgan fingerprint density at radius 1 is 0.889 bits per heavy atom. The van der Waals surface area contributed by atoms with Gasteiger partial charge in [-0.25, -0.2) is 0 Å². The first-order valence-corrected chi connectivity index (χ1v) is 9.05. The topological polar surface area (TPSA) is 9.23 Å². The predicted octanol–water partition coefficient (Wildman–Crippen LogP) is 4.79. The molecule has 0 N–H and O–H groups in total. The van der Waals surface area contributed by atoms with Gasteiger partial charge in [0.1, 0.15) is 0 Å². The van der Waals surface area contributed by atoms with Gasteiger partial charge in [0.2, 0.25) is 0 Å². The quantitative estimate of drug-likeness (QED) is 0.725. The molecule has 4 unspecified atom stereocenters. The molecule has 2 heterocycles. The van der Waals surface area contributed by atoms with Gasteiger partial charge in [-0.1, -0.05) is 32.6 Å². The van der Waals surface area contributed by atoms with Gasteiger partial charge in [0, 0.05) is 10.5 Å². The van der Waals surface area contributed by atoms with E-state index in [1.54, 1.807) is 0 Å². The maximum absolute atomic E-state index is 6.31. The molecule has 0 amide bonds. The van der Waals surface area contributed by atoms with E-state index in [1.165, 1.54) is 64.2 Å². The van der Waals surface area contributed by atoms with E-state index in [-0.39, 0.29) is 0 Å². The van der Waals surface area contributed by atoms with Crippen molar-refractivity contribution in [2.75, 3.05) is 0 Å². The van der Waals surface area contributed by atoms with E-state index >= 15 is 0 Å². The van der Waals surface area contributed by atoms with Crippen LogP contribution in [0.25, 0.3) is 0 Å². The maximum Gasteiger partial charge on any atom is 0.0590 e. The van der Waals surface area contributed by atoms with E-state index in [9.17, 15) is 0 Å². The zero-order chi connectivity index (χ0) is 12.4. The summed E-state index contributed by atoms with van der Waals surface area (Å²) in [6.07, 6.45) is 15.3. The molecule has 104 valence electrons. The minimum atomic E-state index is 0.596. The van der Waals surface area contributed by atoms with E-state index in [1.807, 2.05) is 0 Å². The summed E-state index contributed by atoms with van der Waals surface area (Å²) in [4.78, 5) is 0. The minimum absolute atomic E-state index is 0.596. The van der Waals surface area contributed by atoms with Crippen LogP contribution in [0, 0.1) is 5.92 Å². The Morgan fingerprint density at radius 2 is 1.61 bits per heavy atom. The van der Waals surface area contributed by atoms with Crippen molar-refractivity contribution < 1.29 is 4.74 Å². The second kappa shape index (κ2) is 6.17. The van der Waals surface area contributed by atoms with Crippen LogP contribution in [0.15, 0.2) is 0 Å². The van der Waals surface area contributed by atoms with E-state index in [2.05, 4.69) is 18.7 Å². The molecule has 1 nitrogen and oxygen atoms in total. The molecule has 2 saturated heterocycles. The van der Waals surface area contributed by atoms with E-state index in [0.29, 0.717) is 12.2 Å². The summed E-state index contributed by atoms with van der Waals surface area (Å²) in [5.74, 6) is 0.995. The van der Waals surface area contributed by atoms with Gasteiger partial charge in [-0.05, 0) is 44.4 Å². The second-order valence-corrected chi connectivity index (χ2v) is 8.47. The molecule has 1 saturated carbocycles. The monoisotopic (exact) mass is 268 g/mol. The van der Waals surface area contributed by atoms with Gasteiger partial charge < -0.3 is 4.74 Å². The van der Waals surface area contributed by atoms with Crippen LogP contribution in [-0.2, 0) is 4.74 Å². The third-order valence-electron chi connectivity index (χ3n) is 5.11. The fraction of sp³-hybridized carbons (Fsp3) is 1.00. The molecule has 0 aromatic rings. The lowest BCUT2D eigenvalue weighted by atomic mass is 9.98. The molecular weight excluding hydrogens is 240 g/mol. The lowest BCUT2D eigenvalue weighted by Crippen LogP contribution is -2.17. The molecule has 2 heteroatoms. The van der Waals surface area contributed by atoms with Crippen molar-refractivity contribution in [1.82, 2.24) is 0 Å². The largest absolute Gasteiger partial charge is 0.375 e. The lowest BCUT2D eigenvalue weighted by molar-refractivity contribution is 0.0275. The molecule has 2 aliphatic heterocycles. The molecule has 0 spiro atoms. The van der Waals surface area contributed by atoms with Crippen molar-refractivity contribution in [2.45, 2.75) is 93.8 Å². The SMILES string of the molecule is CC1CCC(CC2CCC(CC3CCCC3)O2)S1. The molecule has 0 aromatic heterocycles. The number of hydrogen-bond donors (Lipinski definition) is 0. The normalized spacial score (nSPS) is 41.8. The van der Waals surface area contributed by atoms with E-state index in [0.717, 1.165) is 16.4 Å². The maximum atomic E-state index is 6.31. The highest BCUT2D eigenvalue weighted by molar-refractivity contribution is 8.00. The average molecular weight is 268 g/mol. The summed E-state index contributed by atoms with van der Waals surface area (Å²) in [5.41, 5.74) is 0. The number of thioether (sulfide) groups is 1. The van der Waals surface area contributed by atoms with Crippen LogP contribution in [0.2, 0.25) is 0 Å². The Bertz CT molecular complexity index is 262. The van der Waals surface area contributed by atoms with Crippen LogP contribution in [0.3, 0.4) is 0 Å². The molecule has 0 aromatic carbocycles. The lowest BCUT2D eigenvalue weighted by Gasteiger charge is -2.19. The zero-order valence-electron chi connectivity index (χ0n) is 11.8.